The van der Waals surface area contributed by atoms with Crippen molar-refractivity contribution in [2.24, 2.45) is 0 Å². The Morgan fingerprint density at radius 1 is 0.944 bits per heavy atom. The number of carboxylic acid groups (broad SMARTS) is 2. The van der Waals surface area contributed by atoms with Crippen LogP contribution in [-0.2, 0) is 0 Å². The molecule has 0 heterocycles. The molecule has 4 heteroatoms. The van der Waals surface area contributed by atoms with E-state index in [4.69, 9.17) is 10.2 Å². The van der Waals surface area contributed by atoms with Crippen LogP contribution in [-0.4, -0.2) is 22.2 Å². The zero-order valence-corrected chi connectivity index (χ0v) is 9.25. The van der Waals surface area contributed by atoms with Gasteiger partial charge in [0.1, 0.15) is 0 Å². The maximum absolute atomic E-state index is 10.9. The van der Waals surface area contributed by atoms with E-state index in [-0.39, 0.29) is 11.1 Å². The zero-order chi connectivity index (χ0) is 13.1. The topological polar surface area (TPSA) is 74.6 Å². The number of rotatable bonds is 3. The molecule has 1 radical (unpaired) electrons. The van der Waals surface area contributed by atoms with Gasteiger partial charge in [0.25, 0.3) is 0 Å². The van der Waals surface area contributed by atoms with E-state index < -0.39 is 11.9 Å². The number of benzene rings is 2. The predicted molar refractivity (Wildman–Crippen MR) is 64.6 cm³/mol. The van der Waals surface area contributed by atoms with Crippen LogP contribution in [0.25, 0.3) is 11.1 Å². The summed E-state index contributed by atoms with van der Waals surface area (Å²) in [7, 11) is 0. The number of carbonyl (C=O) groups is 2. The van der Waals surface area contributed by atoms with E-state index >= 15 is 0 Å². The van der Waals surface area contributed by atoms with E-state index in [2.05, 4.69) is 6.07 Å². The lowest BCUT2D eigenvalue weighted by Crippen LogP contribution is -1.97. The SMILES string of the molecule is O=C(O)c1cc[c]c(-c2cccc(C(=O)O)c2)c1. The van der Waals surface area contributed by atoms with Crippen LogP contribution >= 0.6 is 0 Å². The lowest BCUT2D eigenvalue weighted by molar-refractivity contribution is 0.0686. The molecule has 0 saturated heterocycles. The van der Waals surface area contributed by atoms with Gasteiger partial charge in [-0.25, -0.2) is 9.59 Å². The first-order valence-corrected chi connectivity index (χ1v) is 5.16. The van der Waals surface area contributed by atoms with Crippen molar-refractivity contribution in [2.45, 2.75) is 0 Å². The molecular formula is C14H9O4. The summed E-state index contributed by atoms with van der Waals surface area (Å²) in [5.41, 5.74) is 1.47. The molecule has 2 aromatic rings. The normalized spacial score (nSPS) is 10.0. The fourth-order valence-electron chi connectivity index (χ4n) is 1.59. The summed E-state index contributed by atoms with van der Waals surface area (Å²) < 4.78 is 0. The van der Waals surface area contributed by atoms with Crippen molar-refractivity contribution in [3.05, 3.63) is 59.7 Å². The van der Waals surface area contributed by atoms with E-state index in [1.807, 2.05) is 0 Å². The molecule has 18 heavy (non-hydrogen) atoms. The molecule has 0 saturated carbocycles. The van der Waals surface area contributed by atoms with Crippen LogP contribution in [0.15, 0.2) is 42.5 Å². The smallest absolute Gasteiger partial charge is 0.335 e. The Balaban J connectivity index is 2.48. The Labute approximate surface area is 103 Å². The van der Waals surface area contributed by atoms with Crippen LogP contribution in [0.3, 0.4) is 0 Å². The largest absolute Gasteiger partial charge is 0.478 e. The van der Waals surface area contributed by atoms with Gasteiger partial charge in [0.15, 0.2) is 0 Å². The van der Waals surface area contributed by atoms with Gasteiger partial charge in [-0.3, -0.25) is 0 Å². The van der Waals surface area contributed by atoms with Gasteiger partial charge in [-0.05, 0) is 41.5 Å². The summed E-state index contributed by atoms with van der Waals surface area (Å²) >= 11 is 0. The summed E-state index contributed by atoms with van der Waals surface area (Å²) in [5, 5.41) is 17.8. The van der Waals surface area contributed by atoms with Gasteiger partial charge >= 0.3 is 11.9 Å². The molecule has 4 nitrogen and oxygen atoms in total. The molecule has 0 aromatic heterocycles. The maximum Gasteiger partial charge on any atom is 0.335 e. The van der Waals surface area contributed by atoms with E-state index in [9.17, 15) is 9.59 Å². The van der Waals surface area contributed by atoms with Gasteiger partial charge in [0.2, 0.25) is 0 Å². The molecule has 2 N–H and O–H groups in total. The summed E-state index contributed by atoms with van der Waals surface area (Å²) in [6.45, 7) is 0. The predicted octanol–water partition coefficient (Wildman–Crippen LogP) is 2.55. The van der Waals surface area contributed by atoms with Crippen LogP contribution in [0.2, 0.25) is 0 Å². The second kappa shape index (κ2) is 4.71. The molecule has 0 bridgehead atoms. The first-order chi connectivity index (χ1) is 8.58. The van der Waals surface area contributed by atoms with Gasteiger partial charge in [0, 0.05) is 0 Å². The summed E-state index contributed by atoms with van der Waals surface area (Å²) in [5.74, 6) is -2.05. The van der Waals surface area contributed by atoms with E-state index in [1.165, 1.54) is 30.3 Å². The highest BCUT2D eigenvalue weighted by Gasteiger charge is 2.07. The van der Waals surface area contributed by atoms with Crippen molar-refractivity contribution in [1.82, 2.24) is 0 Å². The minimum Gasteiger partial charge on any atom is -0.478 e. The van der Waals surface area contributed by atoms with Crippen LogP contribution in [0.1, 0.15) is 20.7 Å². The lowest BCUT2D eigenvalue weighted by Gasteiger charge is -2.03. The Hall–Kier alpha value is -2.62. The van der Waals surface area contributed by atoms with Crippen molar-refractivity contribution >= 4 is 11.9 Å². The Morgan fingerprint density at radius 3 is 2.28 bits per heavy atom. The second-order valence-corrected chi connectivity index (χ2v) is 3.68. The quantitative estimate of drug-likeness (QED) is 0.865. The van der Waals surface area contributed by atoms with E-state index in [0.29, 0.717) is 11.1 Å². The van der Waals surface area contributed by atoms with E-state index in [1.54, 1.807) is 12.1 Å². The molecule has 0 atom stereocenters. The zero-order valence-electron chi connectivity index (χ0n) is 9.25. The molecule has 2 rings (SSSR count). The summed E-state index contributed by atoms with van der Waals surface area (Å²) in [6, 6.07) is 13.6. The van der Waals surface area contributed by atoms with Crippen molar-refractivity contribution in [1.29, 1.82) is 0 Å². The summed E-state index contributed by atoms with van der Waals surface area (Å²) in [4.78, 5) is 21.7. The molecule has 0 amide bonds. The minimum absolute atomic E-state index is 0.143. The maximum atomic E-state index is 10.9. The Bertz CT molecular complexity index is 561. The molecule has 89 valence electrons. The summed E-state index contributed by atoms with van der Waals surface area (Å²) in [6.07, 6.45) is 0. The minimum atomic E-state index is -1.03. The molecule has 0 fully saturated rings. The Morgan fingerprint density at radius 2 is 1.61 bits per heavy atom. The number of hydrogen-bond acceptors (Lipinski definition) is 2. The fourth-order valence-corrected chi connectivity index (χ4v) is 1.59. The average Bonchev–Trinajstić information content (AvgIpc) is 2.39. The van der Waals surface area contributed by atoms with Crippen molar-refractivity contribution in [3.8, 4) is 11.1 Å². The highest BCUT2D eigenvalue weighted by atomic mass is 16.4. The number of carboxylic acids is 2. The standard InChI is InChI=1S/C14H9O4/c15-13(16)11-5-1-3-9(7-11)10-4-2-6-12(8-10)14(17)18/h1-3,5-8H,(H,15,16)(H,17,18). The van der Waals surface area contributed by atoms with E-state index in [0.717, 1.165) is 0 Å². The number of hydrogen-bond donors (Lipinski definition) is 2. The highest BCUT2D eigenvalue weighted by Crippen LogP contribution is 2.21. The Kier molecular flexibility index (Phi) is 3.10. The van der Waals surface area contributed by atoms with Crippen molar-refractivity contribution in [2.75, 3.05) is 0 Å². The van der Waals surface area contributed by atoms with Gasteiger partial charge in [-0.2, -0.15) is 0 Å². The third-order valence-electron chi connectivity index (χ3n) is 2.47. The van der Waals surface area contributed by atoms with Crippen molar-refractivity contribution in [3.63, 3.8) is 0 Å². The number of aromatic carboxylic acids is 2. The molecule has 0 spiro atoms. The van der Waals surface area contributed by atoms with Gasteiger partial charge in [0.05, 0.1) is 11.1 Å². The molecular weight excluding hydrogens is 232 g/mol. The molecule has 2 aromatic carbocycles. The molecule has 0 unspecified atom stereocenters. The monoisotopic (exact) mass is 241 g/mol. The van der Waals surface area contributed by atoms with Crippen LogP contribution < -0.4 is 0 Å². The van der Waals surface area contributed by atoms with Crippen LogP contribution in [0, 0.1) is 6.07 Å². The molecule has 0 aliphatic heterocycles. The third-order valence-corrected chi connectivity index (χ3v) is 2.47. The van der Waals surface area contributed by atoms with Crippen molar-refractivity contribution < 1.29 is 19.8 Å². The molecule has 0 aliphatic carbocycles. The van der Waals surface area contributed by atoms with Crippen LogP contribution in [0.4, 0.5) is 0 Å². The first-order valence-electron chi connectivity index (χ1n) is 5.16. The fraction of sp³-hybridized carbons (Fsp3) is 0. The molecule has 0 aliphatic rings. The van der Waals surface area contributed by atoms with Gasteiger partial charge < -0.3 is 10.2 Å². The first kappa shape index (κ1) is 11.9. The third kappa shape index (κ3) is 2.38. The average molecular weight is 241 g/mol. The second-order valence-electron chi connectivity index (χ2n) is 3.68. The van der Waals surface area contributed by atoms with Gasteiger partial charge in [-0.1, -0.05) is 18.2 Å². The lowest BCUT2D eigenvalue weighted by atomic mass is 10.0. The van der Waals surface area contributed by atoms with Crippen LogP contribution in [0.5, 0.6) is 0 Å². The van der Waals surface area contributed by atoms with Gasteiger partial charge in [-0.15, -0.1) is 0 Å². The highest BCUT2D eigenvalue weighted by molar-refractivity contribution is 5.91.